The summed E-state index contributed by atoms with van der Waals surface area (Å²) in [5.74, 6) is 0. The molecule has 0 saturated heterocycles. The van der Waals surface area contributed by atoms with Crippen LogP contribution >= 0.6 is 0 Å². The molecule has 11 heavy (non-hydrogen) atoms. The number of aliphatic imine (C=N–C) groups is 1. The maximum atomic E-state index is 4.13. The maximum absolute atomic E-state index is 4.13. The summed E-state index contributed by atoms with van der Waals surface area (Å²) in [5.41, 5.74) is 0.0833. The molecule has 0 bridgehead atoms. The van der Waals surface area contributed by atoms with Crippen molar-refractivity contribution in [1.82, 2.24) is 0 Å². The third-order valence-electron chi connectivity index (χ3n) is 0.997. The second-order valence-electron chi connectivity index (χ2n) is 2.29. The molecule has 1 aliphatic rings. The molecule has 0 aliphatic carbocycles. The van der Waals surface area contributed by atoms with Gasteiger partial charge in [0.1, 0.15) is 0 Å². The van der Waals surface area contributed by atoms with Crippen molar-refractivity contribution in [1.29, 1.82) is 0 Å². The highest BCUT2D eigenvalue weighted by Crippen LogP contribution is 2.12. The van der Waals surface area contributed by atoms with E-state index >= 15 is 0 Å². The van der Waals surface area contributed by atoms with Crippen LogP contribution in [0.3, 0.4) is 0 Å². The molecule has 1 heterocycles. The smallest absolute Gasteiger partial charge is 0.0735 e. The van der Waals surface area contributed by atoms with Crippen molar-refractivity contribution < 1.29 is 0 Å². The van der Waals surface area contributed by atoms with Crippen LogP contribution in [0.4, 0.5) is 0 Å². The Morgan fingerprint density at radius 3 is 1.55 bits per heavy atom. The van der Waals surface area contributed by atoms with Crippen LogP contribution < -0.4 is 0 Å². The summed E-state index contributed by atoms with van der Waals surface area (Å²) in [5, 5.41) is 0. The quantitative estimate of drug-likeness (QED) is 0.508. The van der Waals surface area contributed by atoms with E-state index in [0.717, 1.165) is 0 Å². The highest BCUT2D eigenvalue weighted by atomic mass is 14.8. The predicted molar refractivity (Wildman–Crippen MR) is 54.4 cm³/mol. The normalized spacial score (nSPS) is 16.2. The molecule has 0 spiro atoms. The van der Waals surface area contributed by atoms with Crippen molar-refractivity contribution in [2.24, 2.45) is 4.99 Å². The fourth-order valence-corrected chi connectivity index (χ4v) is 0.557. The Hall–Kier alpha value is -0.590. The second-order valence-corrected chi connectivity index (χ2v) is 2.29. The highest BCUT2D eigenvalue weighted by Gasteiger charge is 2.11. The average Bonchev–Trinajstić information content (AvgIpc) is 2.43. The molecule has 0 fully saturated rings. The molecule has 0 saturated carbocycles. The molecule has 0 aromatic heterocycles. The van der Waals surface area contributed by atoms with Gasteiger partial charge in [-0.3, -0.25) is 4.99 Å². The summed E-state index contributed by atoms with van der Waals surface area (Å²) < 4.78 is 0. The number of hydrogen-bond donors (Lipinski definition) is 0. The van der Waals surface area contributed by atoms with E-state index in [-0.39, 0.29) is 5.54 Å². The van der Waals surface area contributed by atoms with Gasteiger partial charge in [-0.25, -0.2) is 0 Å². The predicted octanol–water partition coefficient (Wildman–Crippen LogP) is 3.46. The summed E-state index contributed by atoms with van der Waals surface area (Å²) in [6.45, 7) is 12.2. The van der Waals surface area contributed by atoms with Crippen LogP contribution in [-0.4, -0.2) is 11.8 Å². The molecule has 0 aromatic carbocycles. The summed E-state index contributed by atoms with van der Waals surface area (Å²) in [6, 6.07) is 0. The van der Waals surface area contributed by atoms with Gasteiger partial charge in [0.05, 0.1) is 5.54 Å². The zero-order valence-corrected chi connectivity index (χ0v) is 8.68. The van der Waals surface area contributed by atoms with Gasteiger partial charge in [-0.2, -0.15) is 0 Å². The second kappa shape index (κ2) is 7.52. The molecule has 1 nitrogen and oxygen atoms in total. The topological polar surface area (TPSA) is 12.4 Å². The first-order valence-electron chi connectivity index (χ1n) is 4.44. The Kier molecular flexibility index (Phi) is 8.91. The summed E-state index contributed by atoms with van der Waals surface area (Å²) in [6.07, 6.45) is 5.88. The summed E-state index contributed by atoms with van der Waals surface area (Å²) in [7, 11) is 0. The Balaban J connectivity index is 0. The first-order chi connectivity index (χ1) is 5.21. The Labute approximate surface area is 71.2 Å². The lowest BCUT2D eigenvalue weighted by Crippen LogP contribution is -2.07. The van der Waals surface area contributed by atoms with Crippen molar-refractivity contribution in [2.75, 3.05) is 0 Å². The first kappa shape index (κ1) is 13.0. The van der Waals surface area contributed by atoms with E-state index < -0.39 is 0 Å². The van der Waals surface area contributed by atoms with Gasteiger partial charge in [-0.15, -0.1) is 0 Å². The standard InChI is InChI=1S/C6H9N.2C2H6/c1-6(2)4-3-5-7-6;2*1-2/h3-5H,1-2H3;2*1-2H3. The molecule has 0 aromatic rings. The first-order valence-corrected chi connectivity index (χ1v) is 4.44. The van der Waals surface area contributed by atoms with Gasteiger partial charge in [0.25, 0.3) is 0 Å². The lowest BCUT2D eigenvalue weighted by Gasteiger charge is -2.07. The Bertz CT molecular complexity index is 107. The van der Waals surface area contributed by atoms with E-state index in [9.17, 15) is 0 Å². The third-order valence-corrected chi connectivity index (χ3v) is 0.997. The van der Waals surface area contributed by atoms with Crippen molar-refractivity contribution in [3.63, 3.8) is 0 Å². The minimum Gasteiger partial charge on any atom is -0.283 e. The van der Waals surface area contributed by atoms with Crippen LogP contribution in [0.2, 0.25) is 0 Å². The lowest BCUT2D eigenvalue weighted by atomic mass is 10.1. The molecular weight excluding hydrogens is 134 g/mol. The van der Waals surface area contributed by atoms with Gasteiger partial charge in [-0.05, 0) is 19.9 Å². The molecule has 66 valence electrons. The average molecular weight is 155 g/mol. The van der Waals surface area contributed by atoms with Crippen LogP contribution in [0, 0.1) is 0 Å². The molecule has 0 unspecified atom stereocenters. The number of rotatable bonds is 0. The van der Waals surface area contributed by atoms with Crippen molar-refractivity contribution >= 4 is 6.21 Å². The fraction of sp³-hybridized carbons (Fsp3) is 0.700. The van der Waals surface area contributed by atoms with Gasteiger partial charge >= 0.3 is 0 Å². The van der Waals surface area contributed by atoms with Crippen LogP contribution in [0.5, 0.6) is 0 Å². The summed E-state index contributed by atoms with van der Waals surface area (Å²) >= 11 is 0. The number of nitrogens with zero attached hydrogens (tertiary/aromatic N) is 1. The highest BCUT2D eigenvalue weighted by molar-refractivity contribution is 5.74. The molecule has 0 N–H and O–H groups in total. The van der Waals surface area contributed by atoms with E-state index in [2.05, 4.69) is 24.9 Å². The number of allylic oxidation sites excluding steroid dienone is 1. The van der Waals surface area contributed by atoms with Crippen molar-refractivity contribution in [3.05, 3.63) is 12.2 Å². The Morgan fingerprint density at radius 1 is 1.00 bits per heavy atom. The molecule has 0 atom stereocenters. The molecule has 1 rings (SSSR count). The largest absolute Gasteiger partial charge is 0.283 e. The maximum Gasteiger partial charge on any atom is 0.0735 e. The molecule has 0 amide bonds. The van der Waals surface area contributed by atoms with E-state index in [4.69, 9.17) is 0 Å². The summed E-state index contributed by atoms with van der Waals surface area (Å²) in [4.78, 5) is 4.13. The van der Waals surface area contributed by atoms with Gasteiger partial charge in [0.15, 0.2) is 0 Å². The van der Waals surface area contributed by atoms with Crippen LogP contribution in [0.25, 0.3) is 0 Å². The SMILES string of the molecule is CC.CC.CC1(C)C=CC=N1. The minimum absolute atomic E-state index is 0.0833. The van der Waals surface area contributed by atoms with E-state index in [1.165, 1.54) is 0 Å². The molecular formula is C10H21N. The molecule has 0 radical (unpaired) electrons. The fourth-order valence-electron chi connectivity index (χ4n) is 0.557. The zero-order valence-electron chi connectivity index (χ0n) is 8.68. The van der Waals surface area contributed by atoms with E-state index in [1.807, 2.05) is 40.0 Å². The Morgan fingerprint density at radius 2 is 1.45 bits per heavy atom. The monoisotopic (exact) mass is 155 g/mol. The lowest BCUT2D eigenvalue weighted by molar-refractivity contribution is 0.672. The van der Waals surface area contributed by atoms with E-state index in [0.29, 0.717) is 0 Å². The van der Waals surface area contributed by atoms with Crippen LogP contribution in [0.1, 0.15) is 41.5 Å². The van der Waals surface area contributed by atoms with Crippen LogP contribution in [-0.2, 0) is 0 Å². The van der Waals surface area contributed by atoms with Crippen molar-refractivity contribution in [2.45, 2.75) is 47.1 Å². The molecule has 1 aliphatic heterocycles. The van der Waals surface area contributed by atoms with Gasteiger partial charge < -0.3 is 0 Å². The third kappa shape index (κ3) is 7.31. The molecule has 1 heteroatoms. The van der Waals surface area contributed by atoms with Crippen LogP contribution in [0.15, 0.2) is 17.1 Å². The van der Waals surface area contributed by atoms with Gasteiger partial charge in [0.2, 0.25) is 0 Å². The minimum atomic E-state index is 0.0833. The van der Waals surface area contributed by atoms with Gasteiger partial charge in [0, 0.05) is 6.21 Å². The van der Waals surface area contributed by atoms with E-state index in [1.54, 1.807) is 0 Å². The number of hydrogen-bond acceptors (Lipinski definition) is 1. The van der Waals surface area contributed by atoms with Crippen molar-refractivity contribution in [3.8, 4) is 0 Å². The van der Waals surface area contributed by atoms with Gasteiger partial charge in [-0.1, -0.05) is 33.8 Å². The zero-order chi connectivity index (χ0) is 9.33.